The number of rotatable bonds is 6. The Labute approximate surface area is 188 Å². The monoisotopic (exact) mass is 442 g/mol. The number of benzene rings is 4. The van der Waals surface area contributed by atoms with Gasteiger partial charge in [0.1, 0.15) is 5.75 Å². The first-order valence-electron chi connectivity index (χ1n) is 10.5. The topological polar surface area (TPSA) is 57.2 Å². The Bertz CT molecular complexity index is 1460. The molecule has 1 amide bonds. The lowest BCUT2D eigenvalue weighted by Crippen LogP contribution is -2.11. The molecule has 164 valence electrons. The van der Waals surface area contributed by atoms with Gasteiger partial charge in [0.25, 0.3) is 0 Å². The van der Waals surface area contributed by atoms with Gasteiger partial charge in [-0.1, -0.05) is 60.7 Å². The van der Waals surface area contributed by atoms with Crippen molar-refractivity contribution >= 4 is 27.7 Å². The van der Waals surface area contributed by atoms with Crippen molar-refractivity contribution in [3.63, 3.8) is 0 Å². The van der Waals surface area contributed by atoms with Crippen molar-refractivity contribution in [1.29, 1.82) is 0 Å². The van der Waals surface area contributed by atoms with Crippen LogP contribution < -0.4 is 10.5 Å². The van der Waals surface area contributed by atoms with E-state index in [4.69, 9.17) is 5.73 Å². The molecule has 4 nitrogen and oxygen atoms in total. The molecule has 0 aliphatic rings. The fourth-order valence-electron chi connectivity index (χ4n) is 4.29. The summed E-state index contributed by atoms with van der Waals surface area (Å²) >= 11 is 0. The smallest absolute Gasteiger partial charge is 0.387 e. The van der Waals surface area contributed by atoms with Crippen molar-refractivity contribution in [3.05, 3.63) is 102 Å². The lowest BCUT2D eigenvalue weighted by Gasteiger charge is -2.10. The van der Waals surface area contributed by atoms with E-state index >= 15 is 0 Å². The molecule has 0 unspecified atom stereocenters. The highest BCUT2D eigenvalue weighted by Gasteiger charge is 2.17. The second kappa shape index (κ2) is 8.39. The SMILES string of the molecule is NC(=O)c1cccc2c1c1ccc(-c3ccccc3)cc1n2Cc1ccc(OC(F)F)cc1. The molecule has 2 N–H and O–H groups in total. The predicted octanol–water partition coefficient (Wildman–Crippen LogP) is 6.21. The first kappa shape index (κ1) is 20.7. The molecule has 5 rings (SSSR count). The van der Waals surface area contributed by atoms with Crippen LogP contribution in [0, 0.1) is 0 Å². The lowest BCUT2D eigenvalue weighted by atomic mass is 10.0. The lowest BCUT2D eigenvalue weighted by molar-refractivity contribution is -0.0498. The zero-order valence-electron chi connectivity index (χ0n) is 17.5. The molecular formula is C27H20F2N2O2. The zero-order chi connectivity index (χ0) is 22.9. The van der Waals surface area contributed by atoms with E-state index in [2.05, 4.69) is 15.4 Å². The number of hydrogen-bond donors (Lipinski definition) is 1. The van der Waals surface area contributed by atoms with Gasteiger partial charge in [0.05, 0.1) is 11.0 Å². The van der Waals surface area contributed by atoms with E-state index in [1.54, 1.807) is 18.2 Å². The number of ether oxygens (including phenoxy) is 1. The number of nitrogens with zero attached hydrogens (tertiary/aromatic N) is 1. The minimum atomic E-state index is -2.86. The van der Waals surface area contributed by atoms with Crippen LogP contribution >= 0.6 is 0 Å². The largest absolute Gasteiger partial charge is 0.435 e. The zero-order valence-corrected chi connectivity index (χ0v) is 17.5. The first-order valence-corrected chi connectivity index (χ1v) is 10.5. The number of hydrogen-bond acceptors (Lipinski definition) is 2. The number of carbonyl (C=O) groups excluding carboxylic acids is 1. The van der Waals surface area contributed by atoms with Gasteiger partial charge in [-0.2, -0.15) is 8.78 Å². The Morgan fingerprint density at radius 3 is 2.30 bits per heavy atom. The molecule has 0 aliphatic heterocycles. The summed E-state index contributed by atoms with van der Waals surface area (Å²) in [7, 11) is 0. The van der Waals surface area contributed by atoms with Crippen molar-refractivity contribution in [2.45, 2.75) is 13.2 Å². The Kier molecular flexibility index (Phi) is 5.26. The maximum absolute atomic E-state index is 12.5. The summed E-state index contributed by atoms with van der Waals surface area (Å²) in [6, 6.07) is 28.3. The highest BCUT2D eigenvalue weighted by atomic mass is 19.3. The van der Waals surface area contributed by atoms with Gasteiger partial charge in [-0.05, 0) is 47.0 Å². The number of carbonyl (C=O) groups is 1. The molecule has 0 spiro atoms. The van der Waals surface area contributed by atoms with Gasteiger partial charge < -0.3 is 15.0 Å². The highest BCUT2D eigenvalue weighted by molar-refractivity contribution is 6.18. The van der Waals surface area contributed by atoms with Crippen molar-refractivity contribution in [2.75, 3.05) is 0 Å². The molecule has 0 aliphatic carbocycles. The van der Waals surface area contributed by atoms with Gasteiger partial charge in [0, 0.05) is 22.9 Å². The number of alkyl halides is 2. The predicted molar refractivity (Wildman–Crippen MR) is 126 cm³/mol. The summed E-state index contributed by atoms with van der Waals surface area (Å²) < 4.78 is 31.6. The number of primary amides is 1. The van der Waals surface area contributed by atoms with Crippen LogP contribution in [0.3, 0.4) is 0 Å². The normalized spacial score (nSPS) is 11.4. The summed E-state index contributed by atoms with van der Waals surface area (Å²) in [5.41, 5.74) is 11.0. The molecule has 0 fully saturated rings. The maximum Gasteiger partial charge on any atom is 0.387 e. The van der Waals surface area contributed by atoms with Crippen LogP contribution in [0.25, 0.3) is 32.9 Å². The molecule has 4 aromatic carbocycles. The van der Waals surface area contributed by atoms with Crippen LogP contribution in [0.15, 0.2) is 91.0 Å². The van der Waals surface area contributed by atoms with E-state index in [1.165, 1.54) is 12.1 Å². The van der Waals surface area contributed by atoms with Gasteiger partial charge in [-0.3, -0.25) is 4.79 Å². The van der Waals surface area contributed by atoms with E-state index in [0.717, 1.165) is 38.5 Å². The number of aromatic nitrogens is 1. The number of halogens is 2. The molecule has 0 radical (unpaired) electrons. The summed E-state index contributed by atoms with van der Waals surface area (Å²) in [4.78, 5) is 12.2. The van der Waals surface area contributed by atoms with Gasteiger partial charge in [-0.25, -0.2) is 0 Å². The second-order valence-corrected chi connectivity index (χ2v) is 7.77. The molecule has 0 saturated carbocycles. The van der Waals surface area contributed by atoms with Crippen molar-refractivity contribution in [3.8, 4) is 16.9 Å². The Balaban J connectivity index is 1.69. The minimum Gasteiger partial charge on any atom is -0.435 e. The van der Waals surface area contributed by atoms with Crippen LogP contribution in [0.5, 0.6) is 5.75 Å². The fourth-order valence-corrected chi connectivity index (χ4v) is 4.29. The van der Waals surface area contributed by atoms with Gasteiger partial charge in [0.15, 0.2) is 0 Å². The molecule has 0 saturated heterocycles. The quantitative estimate of drug-likeness (QED) is 0.340. The van der Waals surface area contributed by atoms with E-state index < -0.39 is 12.5 Å². The average molecular weight is 442 g/mol. The molecule has 33 heavy (non-hydrogen) atoms. The molecule has 1 heterocycles. The van der Waals surface area contributed by atoms with Crippen LogP contribution in [-0.4, -0.2) is 17.1 Å². The average Bonchev–Trinajstić information content (AvgIpc) is 3.13. The highest BCUT2D eigenvalue weighted by Crippen LogP contribution is 2.35. The number of fused-ring (bicyclic) bond motifs is 3. The molecule has 0 atom stereocenters. The Morgan fingerprint density at radius 1 is 0.848 bits per heavy atom. The van der Waals surface area contributed by atoms with E-state index in [9.17, 15) is 13.6 Å². The van der Waals surface area contributed by atoms with E-state index in [0.29, 0.717) is 12.1 Å². The van der Waals surface area contributed by atoms with E-state index in [-0.39, 0.29) is 5.75 Å². The summed E-state index contributed by atoms with van der Waals surface area (Å²) in [5, 5.41) is 1.73. The van der Waals surface area contributed by atoms with Crippen LogP contribution in [0.4, 0.5) is 8.78 Å². The van der Waals surface area contributed by atoms with Crippen molar-refractivity contribution in [2.24, 2.45) is 5.73 Å². The van der Waals surface area contributed by atoms with Crippen LogP contribution in [0.2, 0.25) is 0 Å². The molecule has 5 aromatic rings. The maximum atomic E-state index is 12.5. The number of amides is 1. The third-order valence-corrected chi connectivity index (χ3v) is 5.75. The number of nitrogens with two attached hydrogens (primary N) is 1. The first-order chi connectivity index (χ1) is 16.0. The Hall–Kier alpha value is -4.19. The van der Waals surface area contributed by atoms with Gasteiger partial charge in [-0.15, -0.1) is 0 Å². The standard InChI is InChI=1S/C27H20F2N2O2/c28-27(29)33-20-12-9-17(10-13-20)16-31-23-8-4-7-22(26(30)32)25(23)21-14-11-19(15-24(21)31)18-5-2-1-3-6-18/h1-15,27H,16H2,(H2,30,32). The summed E-state index contributed by atoms with van der Waals surface area (Å²) in [6.07, 6.45) is 0. The molecular weight excluding hydrogens is 422 g/mol. The van der Waals surface area contributed by atoms with Gasteiger partial charge in [0.2, 0.25) is 5.91 Å². The van der Waals surface area contributed by atoms with E-state index in [1.807, 2.05) is 54.6 Å². The fraction of sp³-hybridized carbons (Fsp3) is 0.0741. The molecule has 0 bridgehead atoms. The third-order valence-electron chi connectivity index (χ3n) is 5.75. The van der Waals surface area contributed by atoms with Gasteiger partial charge >= 0.3 is 6.61 Å². The summed E-state index contributed by atoms with van der Waals surface area (Å²) in [6.45, 7) is -2.38. The minimum absolute atomic E-state index is 0.110. The van der Waals surface area contributed by atoms with Crippen LogP contribution in [-0.2, 0) is 6.54 Å². The van der Waals surface area contributed by atoms with Crippen molar-refractivity contribution in [1.82, 2.24) is 4.57 Å². The third kappa shape index (κ3) is 3.91. The second-order valence-electron chi connectivity index (χ2n) is 7.77. The molecule has 6 heteroatoms. The summed E-state index contributed by atoms with van der Waals surface area (Å²) in [5.74, 6) is -0.376. The van der Waals surface area contributed by atoms with Crippen LogP contribution in [0.1, 0.15) is 15.9 Å². The Morgan fingerprint density at radius 2 is 1.61 bits per heavy atom. The van der Waals surface area contributed by atoms with Crippen molar-refractivity contribution < 1.29 is 18.3 Å². The molecule has 1 aromatic heterocycles.